The maximum absolute atomic E-state index is 13.0. The number of anilines is 2. The molecule has 14 heteroatoms. The summed E-state index contributed by atoms with van der Waals surface area (Å²) in [4.78, 5) is 28.7. The number of hydrogen-bond donors (Lipinski definition) is 2. The topological polar surface area (TPSA) is 145 Å². The van der Waals surface area contributed by atoms with Gasteiger partial charge in [-0.2, -0.15) is 4.98 Å². The highest BCUT2D eigenvalue weighted by atomic mass is 35.5. The number of thioether (sulfide) groups is 1. The van der Waals surface area contributed by atoms with Crippen LogP contribution < -0.4 is 14.8 Å². The number of hydrogen-bond acceptors (Lipinski definition) is 10. The average molecular weight is 599 g/mol. The SMILES string of the molecule is CSc1nc(NS(=O)(=O)C=Cc2ccccc2)c(-c2ccc(Cl)cc2)c(OCCOC(=O)Nc2cnccn2)n1. The van der Waals surface area contributed by atoms with E-state index in [9.17, 15) is 13.2 Å². The molecule has 0 spiro atoms. The molecule has 4 aromatic rings. The molecule has 11 nitrogen and oxygen atoms in total. The smallest absolute Gasteiger partial charge is 0.412 e. The van der Waals surface area contributed by atoms with Crippen LogP contribution in [0.5, 0.6) is 5.88 Å². The number of benzene rings is 2. The predicted molar refractivity (Wildman–Crippen MR) is 155 cm³/mol. The molecule has 0 aliphatic rings. The van der Waals surface area contributed by atoms with E-state index in [0.29, 0.717) is 16.1 Å². The lowest BCUT2D eigenvalue weighted by atomic mass is 10.1. The van der Waals surface area contributed by atoms with Gasteiger partial charge in [-0.3, -0.25) is 15.0 Å². The van der Waals surface area contributed by atoms with E-state index in [4.69, 9.17) is 21.1 Å². The van der Waals surface area contributed by atoms with Crippen molar-refractivity contribution in [1.29, 1.82) is 0 Å². The molecule has 0 radical (unpaired) electrons. The lowest BCUT2D eigenvalue weighted by Gasteiger charge is -2.16. The summed E-state index contributed by atoms with van der Waals surface area (Å²) >= 11 is 7.27. The van der Waals surface area contributed by atoms with Crippen LogP contribution in [0.4, 0.5) is 16.4 Å². The third-order valence-corrected chi connectivity index (χ3v) is 6.77. The summed E-state index contributed by atoms with van der Waals surface area (Å²) in [5, 5.41) is 4.25. The van der Waals surface area contributed by atoms with Gasteiger partial charge in [0, 0.05) is 17.4 Å². The minimum Gasteiger partial charge on any atom is -0.473 e. The molecule has 0 unspecified atom stereocenters. The Morgan fingerprint density at radius 2 is 1.82 bits per heavy atom. The highest BCUT2D eigenvalue weighted by Crippen LogP contribution is 2.37. The monoisotopic (exact) mass is 598 g/mol. The first kappa shape index (κ1) is 28.8. The molecule has 2 heterocycles. The van der Waals surface area contributed by atoms with Crippen molar-refractivity contribution in [1.82, 2.24) is 19.9 Å². The van der Waals surface area contributed by atoms with Crippen LogP contribution in [-0.4, -0.2) is 53.9 Å². The van der Waals surface area contributed by atoms with Gasteiger partial charge in [0.2, 0.25) is 5.88 Å². The number of ether oxygens (including phenoxy) is 2. The zero-order valence-corrected chi connectivity index (χ0v) is 23.4. The van der Waals surface area contributed by atoms with Crippen LogP contribution in [0.2, 0.25) is 5.02 Å². The molecule has 0 atom stereocenters. The van der Waals surface area contributed by atoms with E-state index < -0.39 is 16.1 Å². The van der Waals surface area contributed by atoms with Crippen LogP contribution in [0.15, 0.2) is 83.8 Å². The number of halogens is 1. The summed E-state index contributed by atoms with van der Waals surface area (Å²) in [6.07, 6.45) is 6.75. The van der Waals surface area contributed by atoms with E-state index >= 15 is 0 Å². The van der Waals surface area contributed by atoms with Crippen molar-refractivity contribution >= 4 is 57.2 Å². The minimum absolute atomic E-state index is 0.00991. The van der Waals surface area contributed by atoms with E-state index in [0.717, 1.165) is 5.41 Å². The highest BCUT2D eigenvalue weighted by Gasteiger charge is 2.21. The van der Waals surface area contributed by atoms with Gasteiger partial charge >= 0.3 is 6.09 Å². The van der Waals surface area contributed by atoms with Crippen LogP contribution in [-0.2, 0) is 14.8 Å². The molecule has 0 fully saturated rings. The van der Waals surface area contributed by atoms with Gasteiger partial charge in [0.05, 0.1) is 17.2 Å². The molecule has 1 amide bonds. The van der Waals surface area contributed by atoms with Crippen molar-refractivity contribution < 1.29 is 22.7 Å². The number of nitrogens with one attached hydrogen (secondary N) is 2. The van der Waals surface area contributed by atoms with Gasteiger partial charge in [0.15, 0.2) is 16.8 Å². The molecule has 40 heavy (non-hydrogen) atoms. The van der Waals surface area contributed by atoms with Crippen LogP contribution in [0.1, 0.15) is 5.56 Å². The third-order valence-electron chi connectivity index (χ3n) is 5.00. The summed E-state index contributed by atoms with van der Waals surface area (Å²) in [6.45, 7) is -0.217. The average Bonchev–Trinajstić information content (AvgIpc) is 2.95. The Bertz CT molecular complexity index is 1570. The molecule has 2 aromatic carbocycles. The molecule has 0 bridgehead atoms. The molecule has 0 aliphatic heterocycles. The Morgan fingerprint density at radius 3 is 2.52 bits per heavy atom. The summed E-state index contributed by atoms with van der Waals surface area (Å²) in [5.74, 6) is 0.331. The predicted octanol–water partition coefficient (Wildman–Crippen LogP) is 5.35. The fraction of sp³-hybridized carbons (Fsp3) is 0.115. The Hall–Kier alpha value is -4.20. The Balaban J connectivity index is 1.57. The standard InChI is InChI=1S/C26H23ClN6O5S2/c1-39-25-31-23(33-40(35,36)16-11-18-5-3-2-4-6-18)22(19-7-9-20(27)10-8-19)24(32-25)37-14-15-38-26(34)30-21-17-28-12-13-29-21/h2-13,16-17H,14-15H2,1H3,(H,29,30,34)(H,31,32,33). The second kappa shape index (κ2) is 13.7. The van der Waals surface area contributed by atoms with E-state index in [1.165, 1.54) is 36.4 Å². The van der Waals surface area contributed by atoms with Crippen molar-refractivity contribution in [3.63, 3.8) is 0 Å². The maximum Gasteiger partial charge on any atom is 0.412 e. The number of amides is 1. The van der Waals surface area contributed by atoms with Crippen LogP contribution >= 0.6 is 23.4 Å². The van der Waals surface area contributed by atoms with Crippen molar-refractivity contribution in [2.24, 2.45) is 0 Å². The number of nitrogens with zero attached hydrogens (tertiary/aromatic N) is 4. The van der Waals surface area contributed by atoms with Gasteiger partial charge in [-0.25, -0.2) is 23.2 Å². The van der Waals surface area contributed by atoms with Gasteiger partial charge < -0.3 is 9.47 Å². The van der Waals surface area contributed by atoms with Crippen molar-refractivity contribution in [3.05, 3.63) is 89.2 Å². The van der Waals surface area contributed by atoms with Crippen molar-refractivity contribution in [3.8, 4) is 17.0 Å². The number of carbonyl (C=O) groups excluding carboxylic acids is 1. The summed E-state index contributed by atoms with van der Waals surface area (Å²) in [6, 6.07) is 15.7. The Labute approximate surface area is 240 Å². The molecule has 2 N–H and O–H groups in total. The quantitative estimate of drug-likeness (QED) is 0.132. The van der Waals surface area contributed by atoms with E-state index in [1.807, 2.05) is 6.07 Å². The molecule has 0 saturated heterocycles. The number of aromatic nitrogens is 4. The van der Waals surface area contributed by atoms with Crippen LogP contribution in [0.3, 0.4) is 0 Å². The van der Waals surface area contributed by atoms with Gasteiger partial charge in [-0.15, -0.1) is 0 Å². The number of carbonyl (C=O) groups is 1. The first-order valence-corrected chi connectivity index (χ1v) is 14.8. The fourth-order valence-electron chi connectivity index (χ4n) is 3.25. The van der Waals surface area contributed by atoms with Crippen molar-refractivity contribution in [2.45, 2.75) is 5.16 Å². The van der Waals surface area contributed by atoms with Gasteiger partial charge in [0.25, 0.3) is 10.0 Å². The largest absolute Gasteiger partial charge is 0.473 e. The molecule has 0 aliphatic carbocycles. The molecule has 2 aromatic heterocycles. The number of sulfonamides is 1. The zero-order chi connectivity index (χ0) is 28.4. The van der Waals surface area contributed by atoms with E-state index in [-0.39, 0.29) is 41.4 Å². The third kappa shape index (κ3) is 8.40. The normalized spacial score (nSPS) is 11.2. The molecule has 4 rings (SSSR count). The Morgan fingerprint density at radius 1 is 1.05 bits per heavy atom. The molecule has 0 saturated carbocycles. The van der Waals surface area contributed by atoms with Gasteiger partial charge in [-0.1, -0.05) is 65.8 Å². The Kier molecular flexibility index (Phi) is 9.89. The van der Waals surface area contributed by atoms with Crippen LogP contribution in [0, 0.1) is 0 Å². The summed E-state index contributed by atoms with van der Waals surface area (Å²) in [7, 11) is -3.98. The minimum atomic E-state index is -3.98. The van der Waals surface area contributed by atoms with Gasteiger partial charge in [0.1, 0.15) is 13.2 Å². The fourth-order valence-corrected chi connectivity index (χ4v) is 4.55. The second-order valence-corrected chi connectivity index (χ2v) is 10.6. The summed E-state index contributed by atoms with van der Waals surface area (Å²) < 4.78 is 39.5. The van der Waals surface area contributed by atoms with Gasteiger partial charge in [-0.05, 0) is 35.6 Å². The first-order valence-electron chi connectivity index (χ1n) is 11.6. The lowest BCUT2D eigenvalue weighted by Crippen LogP contribution is -2.19. The van der Waals surface area contributed by atoms with Crippen LogP contribution in [0.25, 0.3) is 17.2 Å². The molecule has 206 valence electrons. The summed E-state index contributed by atoms with van der Waals surface area (Å²) in [5.41, 5.74) is 1.55. The van der Waals surface area contributed by atoms with Crippen molar-refractivity contribution in [2.75, 3.05) is 29.5 Å². The van der Waals surface area contributed by atoms with E-state index in [1.54, 1.807) is 54.8 Å². The zero-order valence-electron chi connectivity index (χ0n) is 21.0. The molecular weight excluding hydrogens is 576 g/mol. The lowest BCUT2D eigenvalue weighted by molar-refractivity contribution is 0.136. The maximum atomic E-state index is 13.0. The highest BCUT2D eigenvalue weighted by molar-refractivity contribution is 7.98. The second-order valence-electron chi connectivity index (χ2n) is 7.81. The first-order chi connectivity index (χ1) is 19.3. The van der Waals surface area contributed by atoms with E-state index in [2.05, 4.69) is 30.0 Å². The number of rotatable bonds is 11. The molecular formula is C26H23ClN6O5S2.